The Morgan fingerprint density at radius 1 is 1.33 bits per heavy atom. The number of ether oxygens (including phenoxy) is 2. The van der Waals surface area contributed by atoms with Gasteiger partial charge in [-0.15, -0.1) is 0 Å². The Bertz CT molecular complexity index is 627. The standard InChI is InChI=1S/C16H19F3N2O3/c1-23-12-8-10(2-3-11(12)16(17,18)19)20-14(22)21-13-9-15(13)4-6-24-7-5-15/h2-3,8,13H,4-7,9H2,1H3,(H2,20,21,22)/t13-/m1/s1. The highest BCUT2D eigenvalue weighted by molar-refractivity contribution is 5.90. The maximum Gasteiger partial charge on any atom is 0.419 e. The molecule has 3 rings (SSSR count). The Morgan fingerprint density at radius 2 is 2.04 bits per heavy atom. The van der Waals surface area contributed by atoms with E-state index in [0.717, 1.165) is 32.4 Å². The number of hydrogen-bond acceptors (Lipinski definition) is 3. The number of rotatable bonds is 3. The lowest BCUT2D eigenvalue weighted by molar-refractivity contribution is -0.138. The maximum atomic E-state index is 12.8. The molecule has 8 heteroatoms. The number of carbonyl (C=O) groups is 1. The van der Waals surface area contributed by atoms with Crippen LogP contribution in [-0.4, -0.2) is 32.4 Å². The molecule has 1 aliphatic carbocycles. The van der Waals surface area contributed by atoms with Crippen molar-refractivity contribution in [2.24, 2.45) is 5.41 Å². The molecule has 1 spiro atoms. The van der Waals surface area contributed by atoms with Gasteiger partial charge in [0, 0.05) is 31.0 Å². The number of alkyl halides is 3. The van der Waals surface area contributed by atoms with Gasteiger partial charge >= 0.3 is 12.2 Å². The molecule has 1 saturated carbocycles. The van der Waals surface area contributed by atoms with Gasteiger partial charge in [-0.3, -0.25) is 0 Å². The van der Waals surface area contributed by atoms with Crippen molar-refractivity contribution in [3.63, 3.8) is 0 Å². The molecule has 2 N–H and O–H groups in total. The summed E-state index contributed by atoms with van der Waals surface area (Å²) in [6.07, 6.45) is -1.74. The molecule has 0 radical (unpaired) electrons. The molecule has 5 nitrogen and oxygen atoms in total. The van der Waals surface area contributed by atoms with E-state index in [1.165, 1.54) is 12.1 Å². The fourth-order valence-electron chi connectivity index (χ4n) is 3.21. The largest absolute Gasteiger partial charge is 0.496 e. The average molecular weight is 344 g/mol. The smallest absolute Gasteiger partial charge is 0.419 e. The van der Waals surface area contributed by atoms with Gasteiger partial charge in [0.1, 0.15) is 5.75 Å². The van der Waals surface area contributed by atoms with Gasteiger partial charge in [0.25, 0.3) is 0 Å². The highest BCUT2D eigenvalue weighted by Crippen LogP contribution is 2.53. The first kappa shape index (κ1) is 16.9. The molecule has 1 heterocycles. The third kappa shape index (κ3) is 3.43. The number of nitrogens with one attached hydrogen (secondary N) is 2. The van der Waals surface area contributed by atoms with Gasteiger partial charge in [0.2, 0.25) is 0 Å². The van der Waals surface area contributed by atoms with Crippen LogP contribution in [0, 0.1) is 5.41 Å². The Labute approximate surface area is 137 Å². The van der Waals surface area contributed by atoms with Gasteiger partial charge < -0.3 is 20.1 Å². The predicted octanol–water partition coefficient (Wildman–Crippen LogP) is 3.40. The van der Waals surface area contributed by atoms with Crippen molar-refractivity contribution in [2.75, 3.05) is 25.6 Å². The molecule has 1 aromatic carbocycles. The quantitative estimate of drug-likeness (QED) is 0.883. The van der Waals surface area contributed by atoms with Gasteiger partial charge in [-0.1, -0.05) is 0 Å². The minimum absolute atomic E-state index is 0.0951. The lowest BCUT2D eigenvalue weighted by Gasteiger charge is -2.23. The Kier molecular flexibility index (Phi) is 4.33. The summed E-state index contributed by atoms with van der Waals surface area (Å²) in [5.41, 5.74) is -0.494. The van der Waals surface area contributed by atoms with Gasteiger partial charge in [0.15, 0.2) is 0 Å². The van der Waals surface area contributed by atoms with Crippen molar-refractivity contribution in [2.45, 2.75) is 31.5 Å². The van der Waals surface area contributed by atoms with Gasteiger partial charge in [0.05, 0.1) is 12.7 Å². The minimum atomic E-state index is -4.50. The van der Waals surface area contributed by atoms with Crippen molar-refractivity contribution in [1.29, 1.82) is 0 Å². The summed E-state index contributed by atoms with van der Waals surface area (Å²) in [6.45, 7) is 1.41. The second kappa shape index (κ2) is 6.16. The second-order valence-electron chi connectivity index (χ2n) is 6.24. The van der Waals surface area contributed by atoms with E-state index in [9.17, 15) is 18.0 Å². The number of carbonyl (C=O) groups excluding carboxylic acids is 1. The Morgan fingerprint density at radius 3 is 2.67 bits per heavy atom. The molecular weight excluding hydrogens is 325 g/mol. The molecule has 0 bridgehead atoms. The monoisotopic (exact) mass is 344 g/mol. The van der Waals surface area contributed by atoms with E-state index >= 15 is 0 Å². The van der Waals surface area contributed by atoms with E-state index in [4.69, 9.17) is 9.47 Å². The normalized spacial score (nSPS) is 22.1. The van der Waals surface area contributed by atoms with Crippen molar-refractivity contribution in [3.05, 3.63) is 23.8 Å². The van der Waals surface area contributed by atoms with E-state index in [0.29, 0.717) is 13.2 Å². The van der Waals surface area contributed by atoms with Crippen LogP contribution < -0.4 is 15.4 Å². The van der Waals surface area contributed by atoms with Crippen LogP contribution in [0.15, 0.2) is 18.2 Å². The first-order valence-corrected chi connectivity index (χ1v) is 7.75. The molecule has 2 fully saturated rings. The number of amides is 2. The maximum absolute atomic E-state index is 12.8. The van der Waals surface area contributed by atoms with Crippen LogP contribution in [0.5, 0.6) is 5.75 Å². The van der Waals surface area contributed by atoms with Crippen LogP contribution in [0.25, 0.3) is 0 Å². The molecule has 1 aliphatic heterocycles. The number of halogens is 3. The zero-order valence-electron chi connectivity index (χ0n) is 13.2. The molecule has 132 valence electrons. The fourth-order valence-corrected chi connectivity index (χ4v) is 3.21. The van der Waals surface area contributed by atoms with Crippen molar-refractivity contribution < 1.29 is 27.4 Å². The van der Waals surface area contributed by atoms with Crippen LogP contribution in [0.2, 0.25) is 0 Å². The van der Waals surface area contributed by atoms with E-state index in [1.807, 2.05) is 0 Å². The SMILES string of the molecule is COc1cc(NC(=O)N[C@@H]2CC23CCOCC3)ccc1C(F)(F)F. The molecule has 2 aliphatic rings. The van der Waals surface area contributed by atoms with Crippen molar-refractivity contribution in [1.82, 2.24) is 5.32 Å². The topological polar surface area (TPSA) is 59.6 Å². The van der Waals surface area contributed by atoms with Crippen molar-refractivity contribution in [3.8, 4) is 5.75 Å². The summed E-state index contributed by atoms with van der Waals surface area (Å²) in [5, 5.41) is 5.44. The number of hydrogen-bond donors (Lipinski definition) is 2. The predicted molar refractivity (Wildman–Crippen MR) is 81.0 cm³/mol. The third-order valence-electron chi connectivity index (χ3n) is 4.75. The molecule has 24 heavy (non-hydrogen) atoms. The molecule has 0 unspecified atom stereocenters. The summed E-state index contributed by atoms with van der Waals surface area (Å²) in [5.74, 6) is -0.326. The van der Waals surface area contributed by atoms with E-state index in [2.05, 4.69) is 10.6 Å². The first-order chi connectivity index (χ1) is 11.3. The summed E-state index contributed by atoms with van der Waals surface area (Å²) in [7, 11) is 1.16. The van der Waals surface area contributed by atoms with E-state index in [1.54, 1.807) is 0 Å². The average Bonchev–Trinajstić information content (AvgIpc) is 3.17. The molecule has 1 saturated heterocycles. The van der Waals surface area contributed by atoms with E-state index < -0.39 is 17.8 Å². The fraction of sp³-hybridized carbons (Fsp3) is 0.562. The van der Waals surface area contributed by atoms with Gasteiger partial charge in [-0.25, -0.2) is 4.79 Å². The van der Waals surface area contributed by atoms with Crippen LogP contribution in [-0.2, 0) is 10.9 Å². The lowest BCUT2D eigenvalue weighted by atomic mass is 9.96. The molecule has 2 amide bonds. The van der Waals surface area contributed by atoms with Crippen LogP contribution >= 0.6 is 0 Å². The molecule has 1 atom stereocenters. The van der Waals surface area contributed by atoms with Crippen LogP contribution in [0.1, 0.15) is 24.8 Å². The minimum Gasteiger partial charge on any atom is -0.496 e. The summed E-state index contributed by atoms with van der Waals surface area (Å²) < 4.78 is 48.6. The summed E-state index contributed by atoms with van der Waals surface area (Å²) in [6, 6.07) is 2.94. The molecule has 1 aromatic rings. The number of anilines is 1. The van der Waals surface area contributed by atoms with Gasteiger partial charge in [-0.05, 0) is 36.8 Å². The Hall–Kier alpha value is -1.96. The highest BCUT2D eigenvalue weighted by Gasteiger charge is 2.55. The summed E-state index contributed by atoms with van der Waals surface area (Å²) >= 11 is 0. The molecule has 0 aromatic heterocycles. The van der Waals surface area contributed by atoms with Gasteiger partial charge in [-0.2, -0.15) is 13.2 Å². The Balaban J connectivity index is 1.61. The highest BCUT2D eigenvalue weighted by atomic mass is 19.4. The van der Waals surface area contributed by atoms with E-state index in [-0.39, 0.29) is 22.9 Å². The number of urea groups is 1. The van der Waals surface area contributed by atoms with Crippen molar-refractivity contribution >= 4 is 11.7 Å². The molecular formula is C16H19F3N2O3. The zero-order chi connectivity index (χ0) is 17.4. The first-order valence-electron chi connectivity index (χ1n) is 7.75. The zero-order valence-corrected chi connectivity index (χ0v) is 13.2. The third-order valence-corrected chi connectivity index (χ3v) is 4.75. The van der Waals surface area contributed by atoms with Crippen LogP contribution in [0.4, 0.5) is 23.7 Å². The summed E-state index contributed by atoms with van der Waals surface area (Å²) in [4.78, 5) is 12.1. The lowest BCUT2D eigenvalue weighted by Crippen LogP contribution is -2.35. The van der Waals surface area contributed by atoms with Crippen LogP contribution in [0.3, 0.4) is 0 Å². The second-order valence-corrected chi connectivity index (χ2v) is 6.24. The number of methoxy groups -OCH3 is 1. The number of benzene rings is 1.